The SMILES string of the molecule is CCC(C)C(NC(=O)CNC(=O)C(Cc1ccccc1)NC(=O)C(C)N)C(=O)O. The Morgan fingerprint density at radius 3 is 2.17 bits per heavy atom. The molecule has 0 fully saturated rings. The highest BCUT2D eigenvalue weighted by Gasteiger charge is 2.26. The molecule has 0 aliphatic rings. The highest BCUT2D eigenvalue weighted by molar-refractivity contribution is 5.92. The Kier molecular flexibility index (Phi) is 9.81. The van der Waals surface area contributed by atoms with Crippen LogP contribution in [0, 0.1) is 5.92 Å². The lowest BCUT2D eigenvalue weighted by molar-refractivity contribution is -0.143. The molecule has 6 N–H and O–H groups in total. The van der Waals surface area contributed by atoms with Crippen molar-refractivity contribution in [3.63, 3.8) is 0 Å². The summed E-state index contributed by atoms with van der Waals surface area (Å²) in [4.78, 5) is 47.9. The molecule has 1 aromatic carbocycles. The van der Waals surface area contributed by atoms with Crippen LogP contribution in [0.1, 0.15) is 32.8 Å². The molecule has 0 spiro atoms. The molecule has 9 heteroatoms. The Balaban J connectivity index is 2.74. The third-order valence-corrected chi connectivity index (χ3v) is 4.55. The first kappa shape index (κ1) is 24.1. The quantitative estimate of drug-likeness (QED) is 0.343. The zero-order valence-corrected chi connectivity index (χ0v) is 17.0. The van der Waals surface area contributed by atoms with E-state index in [2.05, 4.69) is 16.0 Å². The molecule has 0 bridgehead atoms. The lowest BCUT2D eigenvalue weighted by atomic mass is 9.99. The van der Waals surface area contributed by atoms with Gasteiger partial charge in [-0.05, 0) is 18.4 Å². The predicted molar refractivity (Wildman–Crippen MR) is 108 cm³/mol. The Morgan fingerprint density at radius 1 is 1.03 bits per heavy atom. The minimum Gasteiger partial charge on any atom is -0.480 e. The number of carbonyl (C=O) groups excluding carboxylic acids is 3. The molecule has 1 rings (SSSR count). The lowest BCUT2D eigenvalue weighted by Gasteiger charge is -2.22. The Bertz CT molecular complexity index is 708. The fraction of sp³-hybridized carbons (Fsp3) is 0.500. The van der Waals surface area contributed by atoms with Gasteiger partial charge in [0.05, 0.1) is 12.6 Å². The van der Waals surface area contributed by atoms with Crippen molar-refractivity contribution in [3.05, 3.63) is 35.9 Å². The Morgan fingerprint density at radius 2 is 1.66 bits per heavy atom. The van der Waals surface area contributed by atoms with Crippen LogP contribution >= 0.6 is 0 Å². The minimum absolute atomic E-state index is 0.220. The van der Waals surface area contributed by atoms with Gasteiger partial charge >= 0.3 is 5.97 Å². The molecule has 4 atom stereocenters. The smallest absolute Gasteiger partial charge is 0.326 e. The molecule has 1 aromatic rings. The Hall–Kier alpha value is -2.94. The van der Waals surface area contributed by atoms with Crippen molar-refractivity contribution in [2.75, 3.05) is 6.54 Å². The molecule has 29 heavy (non-hydrogen) atoms. The molecular weight excluding hydrogens is 376 g/mol. The number of hydrogen-bond donors (Lipinski definition) is 5. The van der Waals surface area contributed by atoms with Gasteiger partial charge in [-0.2, -0.15) is 0 Å². The van der Waals surface area contributed by atoms with E-state index >= 15 is 0 Å². The molecule has 0 radical (unpaired) electrons. The first-order valence-electron chi connectivity index (χ1n) is 9.55. The van der Waals surface area contributed by atoms with Crippen molar-refractivity contribution in [1.82, 2.24) is 16.0 Å². The van der Waals surface area contributed by atoms with E-state index in [0.717, 1.165) is 5.56 Å². The van der Waals surface area contributed by atoms with Crippen molar-refractivity contribution in [2.24, 2.45) is 11.7 Å². The van der Waals surface area contributed by atoms with Crippen LogP contribution in [-0.2, 0) is 25.6 Å². The fourth-order valence-electron chi connectivity index (χ4n) is 2.56. The fourth-order valence-corrected chi connectivity index (χ4v) is 2.56. The maximum Gasteiger partial charge on any atom is 0.326 e. The largest absolute Gasteiger partial charge is 0.480 e. The average Bonchev–Trinajstić information content (AvgIpc) is 2.69. The molecular formula is C20H30N4O5. The van der Waals surface area contributed by atoms with E-state index in [4.69, 9.17) is 5.73 Å². The normalized spacial score (nSPS) is 14.8. The summed E-state index contributed by atoms with van der Waals surface area (Å²) in [7, 11) is 0. The number of carbonyl (C=O) groups is 4. The van der Waals surface area contributed by atoms with Gasteiger partial charge in [-0.25, -0.2) is 4.79 Å². The molecule has 9 nitrogen and oxygen atoms in total. The number of aliphatic carboxylic acids is 1. The van der Waals surface area contributed by atoms with E-state index < -0.39 is 48.4 Å². The highest BCUT2D eigenvalue weighted by Crippen LogP contribution is 2.08. The number of nitrogens with two attached hydrogens (primary N) is 1. The highest BCUT2D eigenvalue weighted by atomic mass is 16.4. The van der Waals surface area contributed by atoms with Crippen molar-refractivity contribution in [1.29, 1.82) is 0 Å². The van der Waals surface area contributed by atoms with Crippen molar-refractivity contribution < 1.29 is 24.3 Å². The monoisotopic (exact) mass is 406 g/mol. The summed E-state index contributed by atoms with van der Waals surface area (Å²) in [6, 6.07) is 6.33. The first-order valence-corrected chi connectivity index (χ1v) is 9.55. The van der Waals surface area contributed by atoms with Crippen LogP contribution in [-0.4, -0.2) is 53.5 Å². The second kappa shape index (κ2) is 11.8. The zero-order chi connectivity index (χ0) is 22.0. The standard InChI is InChI=1S/C20H30N4O5/c1-4-12(2)17(20(28)29)24-16(25)11-22-19(27)15(23-18(26)13(3)21)10-14-8-6-5-7-9-14/h5-9,12-13,15,17H,4,10-11,21H2,1-3H3,(H,22,27)(H,23,26)(H,24,25)(H,28,29). The predicted octanol–water partition coefficient (Wildman–Crippen LogP) is -0.207. The van der Waals surface area contributed by atoms with Gasteiger partial charge in [0.25, 0.3) is 0 Å². The summed E-state index contributed by atoms with van der Waals surface area (Å²) >= 11 is 0. The van der Waals surface area contributed by atoms with Crippen LogP contribution in [0.5, 0.6) is 0 Å². The van der Waals surface area contributed by atoms with Gasteiger partial charge in [0.2, 0.25) is 17.7 Å². The number of hydrogen-bond acceptors (Lipinski definition) is 5. The minimum atomic E-state index is -1.13. The van der Waals surface area contributed by atoms with Gasteiger partial charge in [-0.15, -0.1) is 0 Å². The number of carboxylic acid groups (broad SMARTS) is 1. The second-order valence-corrected chi connectivity index (χ2v) is 7.03. The van der Waals surface area contributed by atoms with E-state index in [1.165, 1.54) is 6.92 Å². The van der Waals surface area contributed by atoms with Crippen molar-refractivity contribution in [2.45, 2.75) is 51.7 Å². The van der Waals surface area contributed by atoms with Crippen LogP contribution in [0.15, 0.2) is 30.3 Å². The zero-order valence-electron chi connectivity index (χ0n) is 17.0. The first-order chi connectivity index (χ1) is 13.6. The summed E-state index contributed by atoms with van der Waals surface area (Å²) < 4.78 is 0. The van der Waals surface area contributed by atoms with Gasteiger partial charge in [0.15, 0.2) is 0 Å². The molecule has 3 amide bonds. The number of amides is 3. The summed E-state index contributed by atoms with van der Waals surface area (Å²) in [6.07, 6.45) is 0.795. The van der Waals surface area contributed by atoms with Crippen LogP contribution < -0.4 is 21.7 Å². The van der Waals surface area contributed by atoms with E-state index in [1.54, 1.807) is 6.92 Å². The number of carboxylic acids is 1. The van der Waals surface area contributed by atoms with E-state index in [1.807, 2.05) is 37.3 Å². The van der Waals surface area contributed by atoms with Crippen LogP contribution in [0.4, 0.5) is 0 Å². The van der Waals surface area contributed by atoms with E-state index in [-0.39, 0.29) is 12.3 Å². The molecule has 4 unspecified atom stereocenters. The maximum absolute atomic E-state index is 12.6. The summed E-state index contributed by atoms with van der Waals surface area (Å²) in [5.41, 5.74) is 6.38. The molecule has 160 valence electrons. The van der Waals surface area contributed by atoms with Gasteiger partial charge in [-0.3, -0.25) is 14.4 Å². The topological polar surface area (TPSA) is 151 Å². The lowest BCUT2D eigenvalue weighted by Crippen LogP contribution is -2.54. The van der Waals surface area contributed by atoms with Crippen molar-refractivity contribution >= 4 is 23.7 Å². The molecule has 0 saturated carbocycles. The maximum atomic E-state index is 12.6. The number of benzene rings is 1. The molecule has 0 aliphatic heterocycles. The second-order valence-electron chi connectivity index (χ2n) is 7.03. The van der Waals surface area contributed by atoms with Gasteiger partial charge in [-0.1, -0.05) is 50.6 Å². The summed E-state index contributed by atoms with van der Waals surface area (Å²) in [5.74, 6) is -3.07. The molecule has 0 aliphatic carbocycles. The summed E-state index contributed by atoms with van der Waals surface area (Å²) in [6.45, 7) is 4.64. The van der Waals surface area contributed by atoms with Crippen molar-refractivity contribution in [3.8, 4) is 0 Å². The summed E-state index contributed by atoms with van der Waals surface area (Å²) in [5, 5.41) is 16.7. The van der Waals surface area contributed by atoms with Crippen LogP contribution in [0.3, 0.4) is 0 Å². The molecule has 0 heterocycles. The third-order valence-electron chi connectivity index (χ3n) is 4.55. The number of nitrogens with one attached hydrogen (secondary N) is 3. The van der Waals surface area contributed by atoms with Gasteiger partial charge in [0, 0.05) is 6.42 Å². The molecule has 0 aromatic heterocycles. The molecule has 0 saturated heterocycles. The van der Waals surface area contributed by atoms with E-state index in [0.29, 0.717) is 6.42 Å². The van der Waals surface area contributed by atoms with Crippen LogP contribution in [0.2, 0.25) is 0 Å². The Labute approximate surface area is 170 Å². The van der Waals surface area contributed by atoms with Gasteiger partial charge < -0.3 is 26.8 Å². The number of rotatable bonds is 11. The van der Waals surface area contributed by atoms with Gasteiger partial charge in [0.1, 0.15) is 12.1 Å². The van der Waals surface area contributed by atoms with E-state index in [9.17, 15) is 24.3 Å². The third kappa shape index (κ3) is 8.30. The average molecular weight is 406 g/mol. The van der Waals surface area contributed by atoms with Crippen LogP contribution in [0.25, 0.3) is 0 Å².